The Kier molecular flexibility index (Phi) is 4.10. The van der Waals surface area contributed by atoms with Crippen molar-refractivity contribution in [2.75, 3.05) is 5.75 Å². The molecule has 1 aromatic carbocycles. The number of nitrogens with zero attached hydrogens (tertiary/aromatic N) is 2. The number of benzene rings is 1. The predicted octanol–water partition coefficient (Wildman–Crippen LogP) is 3.37. The number of fused-ring (bicyclic) bond motifs is 1. The van der Waals surface area contributed by atoms with Gasteiger partial charge in [0.05, 0.1) is 5.69 Å². The quantitative estimate of drug-likeness (QED) is 0.735. The molecule has 20 heavy (non-hydrogen) atoms. The summed E-state index contributed by atoms with van der Waals surface area (Å²) in [7, 11) is 0. The zero-order chi connectivity index (χ0) is 13.9. The molecular weight excluding hydrogens is 286 g/mol. The van der Waals surface area contributed by atoms with Gasteiger partial charge in [0.2, 0.25) is 0 Å². The molecule has 2 aromatic heterocycles. The second kappa shape index (κ2) is 5.99. The number of nitrogens with two attached hydrogens (primary N) is 1. The number of rotatable bonds is 5. The lowest BCUT2D eigenvalue weighted by Crippen LogP contribution is -2.25. The van der Waals surface area contributed by atoms with Crippen LogP contribution in [-0.2, 0) is 6.42 Å². The minimum atomic E-state index is 0.129. The van der Waals surface area contributed by atoms with Gasteiger partial charge < -0.3 is 5.73 Å². The zero-order valence-corrected chi connectivity index (χ0v) is 13.0. The van der Waals surface area contributed by atoms with Crippen LogP contribution in [-0.4, -0.2) is 21.2 Å². The molecular formula is C15H17N3S2. The molecule has 5 heteroatoms. The van der Waals surface area contributed by atoms with Crippen LogP contribution in [0.15, 0.2) is 46.9 Å². The van der Waals surface area contributed by atoms with Crippen molar-refractivity contribution in [2.45, 2.75) is 24.3 Å². The van der Waals surface area contributed by atoms with Crippen molar-refractivity contribution < 1.29 is 0 Å². The number of imidazole rings is 1. The summed E-state index contributed by atoms with van der Waals surface area (Å²) in [6.07, 6.45) is 4.93. The number of aryl methyl sites for hydroxylation is 1. The normalized spacial score (nSPS) is 12.9. The summed E-state index contributed by atoms with van der Waals surface area (Å²) < 4.78 is 2.06. The zero-order valence-electron chi connectivity index (χ0n) is 11.3. The molecule has 0 aliphatic heterocycles. The first-order valence-electron chi connectivity index (χ1n) is 6.57. The molecule has 2 N–H and O–H groups in total. The van der Waals surface area contributed by atoms with E-state index >= 15 is 0 Å². The molecule has 1 atom stereocenters. The van der Waals surface area contributed by atoms with Gasteiger partial charge >= 0.3 is 0 Å². The van der Waals surface area contributed by atoms with E-state index in [-0.39, 0.29) is 6.04 Å². The minimum Gasteiger partial charge on any atom is -0.327 e. The molecule has 2 heterocycles. The third-order valence-electron chi connectivity index (χ3n) is 3.16. The van der Waals surface area contributed by atoms with Gasteiger partial charge in [-0.1, -0.05) is 18.2 Å². The van der Waals surface area contributed by atoms with E-state index in [4.69, 9.17) is 5.73 Å². The van der Waals surface area contributed by atoms with Crippen LogP contribution in [0, 0.1) is 6.92 Å². The van der Waals surface area contributed by atoms with E-state index in [0.717, 1.165) is 22.8 Å². The molecule has 0 amide bonds. The fourth-order valence-electron chi connectivity index (χ4n) is 2.12. The average Bonchev–Trinajstić information content (AvgIpc) is 2.98. The highest BCUT2D eigenvalue weighted by Gasteiger charge is 2.09. The minimum absolute atomic E-state index is 0.129. The summed E-state index contributed by atoms with van der Waals surface area (Å²) >= 11 is 3.48. The molecule has 1 unspecified atom stereocenters. The molecule has 0 bridgehead atoms. The highest BCUT2D eigenvalue weighted by atomic mass is 32.2. The van der Waals surface area contributed by atoms with Crippen LogP contribution in [0.25, 0.3) is 4.96 Å². The lowest BCUT2D eigenvalue weighted by Gasteiger charge is -2.10. The Bertz CT molecular complexity index is 673. The van der Waals surface area contributed by atoms with Crippen molar-refractivity contribution in [1.29, 1.82) is 0 Å². The fraction of sp³-hybridized carbons (Fsp3) is 0.267. The maximum atomic E-state index is 6.23. The van der Waals surface area contributed by atoms with E-state index in [1.807, 2.05) is 23.3 Å². The van der Waals surface area contributed by atoms with Crippen molar-refractivity contribution in [3.8, 4) is 0 Å². The topological polar surface area (TPSA) is 43.3 Å². The Morgan fingerprint density at radius 2 is 2.25 bits per heavy atom. The molecule has 3 rings (SSSR count). The van der Waals surface area contributed by atoms with Crippen LogP contribution in [0.4, 0.5) is 0 Å². The highest BCUT2D eigenvalue weighted by Crippen LogP contribution is 2.23. The van der Waals surface area contributed by atoms with Crippen molar-refractivity contribution in [3.05, 3.63) is 53.3 Å². The first-order chi connectivity index (χ1) is 9.72. The van der Waals surface area contributed by atoms with Crippen LogP contribution in [0.5, 0.6) is 0 Å². The van der Waals surface area contributed by atoms with Crippen LogP contribution < -0.4 is 5.73 Å². The molecule has 0 aliphatic carbocycles. The van der Waals surface area contributed by atoms with Crippen LogP contribution in [0.3, 0.4) is 0 Å². The Labute approximate surface area is 126 Å². The van der Waals surface area contributed by atoms with Crippen molar-refractivity contribution in [1.82, 2.24) is 9.38 Å². The number of aromatic nitrogens is 2. The van der Waals surface area contributed by atoms with Crippen molar-refractivity contribution >= 4 is 28.1 Å². The van der Waals surface area contributed by atoms with E-state index < -0.39 is 0 Å². The summed E-state index contributed by atoms with van der Waals surface area (Å²) in [5.74, 6) is 0.913. The number of hydrogen-bond acceptors (Lipinski definition) is 4. The molecule has 0 saturated heterocycles. The second-order valence-electron chi connectivity index (χ2n) is 4.87. The molecule has 0 radical (unpaired) electrons. The molecule has 104 valence electrons. The third-order valence-corrected chi connectivity index (χ3v) is 5.30. The number of thioether (sulfide) groups is 1. The monoisotopic (exact) mass is 303 g/mol. The van der Waals surface area contributed by atoms with Gasteiger partial charge in [-0.05, 0) is 18.6 Å². The van der Waals surface area contributed by atoms with E-state index in [1.54, 1.807) is 11.3 Å². The average molecular weight is 303 g/mol. The van der Waals surface area contributed by atoms with Gasteiger partial charge in [-0.25, -0.2) is 4.98 Å². The van der Waals surface area contributed by atoms with Crippen LogP contribution in [0.1, 0.15) is 11.3 Å². The van der Waals surface area contributed by atoms with E-state index in [1.165, 1.54) is 10.5 Å². The lowest BCUT2D eigenvalue weighted by molar-refractivity contribution is 0.736. The summed E-state index contributed by atoms with van der Waals surface area (Å²) in [5, 5.41) is 2.04. The maximum absolute atomic E-state index is 6.23. The Morgan fingerprint density at radius 1 is 1.40 bits per heavy atom. The lowest BCUT2D eigenvalue weighted by atomic mass is 10.2. The van der Waals surface area contributed by atoms with Crippen molar-refractivity contribution in [2.24, 2.45) is 5.73 Å². The van der Waals surface area contributed by atoms with Crippen molar-refractivity contribution in [3.63, 3.8) is 0 Å². The maximum Gasteiger partial charge on any atom is 0.193 e. The summed E-state index contributed by atoms with van der Waals surface area (Å²) in [6.45, 7) is 2.14. The molecule has 0 spiro atoms. The first kappa shape index (κ1) is 13.7. The second-order valence-corrected chi connectivity index (χ2v) is 6.80. The third kappa shape index (κ3) is 3.06. The molecule has 3 nitrogen and oxygen atoms in total. The first-order valence-corrected chi connectivity index (χ1v) is 8.44. The SMILES string of the molecule is Cc1ccccc1SCC(N)Cc1cn2ccsc2n1. The van der Waals surface area contributed by atoms with Gasteiger partial charge in [0, 0.05) is 40.9 Å². The fourth-order valence-corrected chi connectivity index (χ4v) is 3.82. The number of thiazole rings is 1. The molecule has 0 fully saturated rings. The summed E-state index contributed by atoms with van der Waals surface area (Å²) in [6, 6.07) is 8.56. The van der Waals surface area contributed by atoms with Gasteiger partial charge in [-0.15, -0.1) is 23.1 Å². The van der Waals surface area contributed by atoms with Gasteiger partial charge in [0.25, 0.3) is 0 Å². The smallest absolute Gasteiger partial charge is 0.193 e. The summed E-state index contributed by atoms with van der Waals surface area (Å²) in [5.41, 5.74) is 8.62. The summed E-state index contributed by atoms with van der Waals surface area (Å²) in [4.78, 5) is 6.93. The van der Waals surface area contributed by atoms with Gasteiger partial charge in [-0.3, -0.25) is 4.40 Å². The van der Waals surface area contributed by atoms with Crippen LogP contribution >= 0.6 is 23.1 Å². The van der Waals surface area contributed by atoms with Gasteiger partial charge in [0.1, 0.15) is 0 Å². The van der Waals surface area contributed by atoms with E-state index in [9.17, 15) is 0 Å². The number of hydrogen-bond donors (Lipinski definition) is 1. The van der Waals surface area contributed by atoms with Crippen LogP contribution in [0.2, 0.25) is 0 Å². The standard InChI is InChI=1S/C15H17N3S2/c1-11-4-2-3-5-14(11)20-10-12(16)8-13-9-18-6-7-19-15(18)17-13/h2-7,9,12H,8,10,16H2,1H3. The molecule has 0 aliphatic rings. The van der Waals surface area contributed by atoms with E-state index in [2.05, 4.69) is 46.8 Å². The predicted molar refractivity (Wildman–Crippen MR) is 86.7 cm³/mol. The highest BCUT2D eigenvalue weighted by molar-refractivity contribution is 7.99. The Balaban J connectivity index is 1.58. The molecule has 0 saturated carbocycles. The van der Waals surface area contributed by atoms with Gasteiger partial charge in [-0.2, -0.15) is 0 Å². The van der Waals surface area contributed by atoms with Gasteiger partial charge in [0.15, 0.2) is 4.96 Å². The Morgan fingerprint density at radius 3 is 3.05 bits per heavy atom. The molecule has 3 aromatic rings. The van der Waals surface area contributed by atoms with E-state index in [0.29, 0.717) is 0 Å². The Hall–Kier alpha value is -1.30. The largest absolute Gasteiger partial charge is 0.327 e.